The maximum absolute atomic E-state index is 12.9. The zero-order valence-corrected chi connectivity index (χ0v) is 13.5. The molecule has 0 aliphatic carbocycles. The van der Waals surface area contributed by atoms with Gasteiger partial charge < -0.3 is 10.4 Å². The molecule has 2 rings (SSSR count). The lowest BCUT2D eigenvalue weighted by atomic mass is 10.0. The minimum atomic E-state index is -0.761. The van der Waals surface area contributed by atoms with E-state index in [1.165, 1.54) is 12.1 Å². The molecule has 0 spiro atoms. The third kappa shape index (κ3) is 4.60. The fourth-order valence-corrected chi connectivity index (χ4v) is 2.44. The number of aliphatic hydroxyl groups is 1. The van der Waals surface area contributed by atoms with Crippen LogP contribution in [0.2, 0.25) is 0 Å². The highest BCUT2D eigenvalue weighted by Crippen LogP contribution is 2.19. The van der Waals surface area contributed by atoms with Crippen LogP contribution in [0, 0.1) is 19.7 Å². The lowest BCUT2D eigenvalue weighted by molar-refractivity contribution is 0.0916. The average Bonchev–Trinajstić information content (AvgIpc) is 2.47. The third-order valence-electron chi connectivity index (χ3n) is 3.68. The molecule has 1 aromatic carbocycles. The molecule has 2 unspecified atom stereocenters. The number of carbonyl (C=O) groups is 1. The van der Waals surface area contributed by atoms with Crippen molar-refractivity contribution < 1.29 is 14.3 Å². The normalized spacial score (nSPS) is 13.4. The van der Waals surface area contributed by atoms with Gasteiger partial charge in [-0.05, 0) is 57.0 Å². The van der Waals surface area contributed by atoms with Gasteiger partial charge >= 0.3 is 0 Å². The summed E-state index contributed by atoms with van der Waals surface area (Å²) in [5.41, 5.74) is 2.69. The molecule has 2 N–H and O–H groups in total. The molecule has 1 heterocycles. The molecular formula is C18H21FN2O2. The number of aromatic nitrogens is 1. The monoisotopic (exact) mass is 316 g/mol. The Labute approximate surface area is 135 Å². The zero-order valence-electron chi connectivity index (χ0n) is 13.5. The second-order valence-electron chi connectivity index (χ2n) is 5.76. The van der Waals surface area contributed by atoms with Gasteiger partial charge in [0.25, 0.3) is 5.91 Å². The predicted octanol–water partition coefficient (Wildman–Crippen LogP) is 3.08. The van der Waals surface area contributed by atoms with Crippen LogP contribution >= 0.6 is 0 Å². The topological polar surface area (TPSA) is 62.2 Å². The highest BCUT2D eigenvalue weighted by Gasteiger charge is 2.17. The van der Waals surface area contributed by atoms with Gasteiger partial charge in [0.05, 0.1) is 17.4 Å². The van der Waals surface area contributed by atoms with Crippen LogP contribution in [-0.2, 0) is 0 Å². The first kappa shape index (κ1) is 17.1. The molecule has 1 aromatic heterocycles. The van der Waals surface area contributed by atoms with Gasteiger partial charge in [-0.3, -0.25) is 9.78 Å². The van der Waals surface area contributed by atoms with Crippen molar-refractivity contribution in [2.24, 2.45) is 0 Å². The molecule has 0 radical (unpaired) electrons. The van der Waals surface area contributed by atoms with Crippen molar-refractivity contribution in [2.45, 2.75) is 39.3 Å². The molecule has 2 atom stereocenters. The van der Waals surface area contributed by atoms with E-state index in [0.717, 1.165) is 5.69 Å². The third-order valence-corrected chi connectivity index (χ3v) is 3.68. The number of carbonyl (C=O) groups excluding carboxylic acids is 1. The average molecular weight is 316 g/mol. The predicted molar refractivity (Wildman–Crippen MR) is 86.6 cm³/mol. The standard InChI is InChI=1S/C18H21FN2O2/c1-11-4-9-16(13(3)20-11)18(23)21-12(2)10-17(22)14-5-7-15(19)8-6-14/h4-9,12,17,22H,10H2,1-3H3,(H,21,23). The molecule has 5 heteroatoms. The van der Waals surface area contributed by atoms with Crippen LogP contribution in [0.25, 0.3) is 0 Å². The molecule has 23 heavy (non-hydrogen) atoms. The first-order valence-corrected chi connectivity index (χ1v) is 7.55. The van der Waals surface area contributed by atoms with Crippen LogP contribution in [0.5, 0.6) is 0 Å². The largest absolute Gasteiger partial charge is 0.388 e. The molecular weight excluding hydrogens is 295 g/mol. The summed E-state index contributed by atoms with van der Waals surface area (Å²) < 4.78 is 12.9. The molecule has 0 aliphatic rings. The number of hydrogen-bond acceptors (Lipinski definition) is 3. The van der Waals surface area contributed by atoms with E-state index in [9.17, 15) is 14.3 Å². The Morgan fingerprint density at radius 3 is 2.48 bits per heavy atom. The van der Waals surface area contributed by atoms with Crippen LogP contribution < -0.4 is 5.32 Å². The van der Waals surface area contributed by atoms with Crippen molar-refractivity contribution >= 4 is 5.91 Å². The van der Waals surface area contributed by atoms with Crippen LogP contribution in [-0.4, -0.2) is 22.0 Å². The summed E-state index contributed by atoms with van der Waals surface area (Å²) >= 11 is 0. The van der Waals surface area contributed by atoms with Crippen LogP contribution in [0.1, 0.15) is 46.8 Å². The highest BCUT2D eigenvalue weighted by atomic mass is 19.1. The highest BCUT2D eigenvalue weighted by molar-refractivity contribution is 5.95. The quantitative estimate of drug-likeness (QED) is 0.891. The molecule has 4 nitrogen and oxygen atoms in total. The maximum atomic E-state index is 12.9. The van der Waals surface area contributed by atoms with Crippen LogP contribution in [0.4, 0.5) is 4.39 Å². The zero-order chi connectivity index (χ0) is 17.0. The number of aryl methyl sites for hydroxylation is 2. The van der Waals surface area contributed by atoms with Gasteiger partial charge in [0, 0.05) is 11.7 Å². The Balaban J connectivity index is 1.97. The summed E-state index contributed by atoms with van der Waals surface area (Å²) in [6, 6.07) is 9.01. The Morgan fingerprint density at radius 1 is 1.22 bits per heavy atom. The van der Waals surface area contributed by atoms with Gasteiger partial charge in [0.15, 0.2) is 0 Å². The van der Waals surface area contributed by atoms with E-state index in [2.05, 4.69) is 10.3 Å². The Hall–Kier alpha value is -2.27. The van der Waals surface area contributed by atoms with Crippen molar-refractivity contribution in [1.82, 2.24) is 10.3 Å². The van der Waals surface area contributed by atoms with E-state index in [4.69, 9.17) is 0 Å². The minimum Gasteiger partial charge on any atom is -0.388 e. The number of amides is 1. The van der Waals surface area contributed by atoms with Crippen molar-refractivity contribution in [1.29, 1.82) is 0 Å². The molecule has 0 bridgehead atoms. The molecule has 0 fully saturated rings. The summed E-state index contributed by atoms with van der Waals surface area (Å²) in [4.78, 5) is 16.5. The van der Waals surface area contributed by atoms with E-state index in [1.807, 2.05) is 13.8 Å². The van der Waals surface area contributed by atoms with Crippen LogP contribution in [0.3, 0.4) is 0 Å². The summed E-state index contributed by atoms with van der Waals surface area (Å²) in [5.74, 6) is -0.557. The smallest absolute Gasteiger partial charge is 0.253 e. The molecule has 2 aromatic rings. The fraction of sp³-hybridized carbons (Fsp3) is 0.333. The first-order chi connectivity index (χ1) is 10.9. The van der Waals surface area contributed by atoms with Crippen molar-refractivity contribution in [2.75, 3.05) is 0 Å². The number of nitrogens with one attached hydrogen (secondary N) is 1. The summed E-state index contributed by atoms with van der Waals surface area (Å²) in [6.07, 6.45) is -0.418. The van der Waals surface area contributed by atoms with Gasteiger partial charge in [-0.1, -0.05) is 12.1 Å². The Bertz CT molecular complexity index is 686. The first-order valence-electron chi connectivity index (χ1n) is 7.55. The minimum absolute atomic E-state index is 0.214. The van der Waals surface area contributed by atoms with E-state index < -0.39 is 6.10 Å². The molecule has 122 valence electrons. The number of nitrogens with zero attached hydrogens (tertiary/aromatic N) is 1. The molecule has 0 saturated carbocycles. The number of halogens is 1. The molecule has 1 amide bonds. The second kappa shape index (κ2) is 7.33. The number of pyridine rings is 1. The Kier molecular flexibility index (Phi) is 5.45. The van der Waals surface area contributed by atoms with Crippen molar-refractivity contribution in [3.8, 4) is 0 Å². The number of benzene rings is 1. The van der Waals surface area contributed by atoms with E-state index in [1.54, 1.807) is 31.2 Å². The maximum Gasteiger partial charge on any atom is 0.253 e. The van der Waals surface area contributed by atoms with Gasteiger partial charge in [0.2, 0.25) is 0 Å². The summed E-state index contributed by atoms with van der Waals surface area (Å²) in [6.45, 7) is 5.48. The van der Waals surface area contributed by atoms with Gasteiger partial charge in [-0.15, -0.1) is 0 Å². The van der Waals surface area contributed by atoms with E-state index in [-0.39, 0.29) is 17.8 Å². The number of aliphatic hydroxyl groups excluding tert-OH is 1. The number of hydrogen-bond donors (Lipinski definition) is 2. The lowest BCUT2D eigenvalue weighted by Gasteiger charge is -2.18. The lowest BCUT2D eigenvalue weighted by Crippen LogP contribution is -2.34. The second-order valence-corrected chi connectivity index (χ2v) is 5.76. The molecule has 0 aliphatic heterocycles. The van der Waals surface area contributed by atoms with Gasteiger partial charge in [-0.2, -0.15) is 0 Å². The fourth-order valence-electron chi connectivity index (χ4n) is 2.44. The van der Waals surface area contributed by atoms with Crippen molar-refractivity contribution in [3.63, 3.8) is 0 Å². The summed E-state index contributed by atoms with van der Waals surface area (Å²) in [5, 5.41) is 13.0. The van der Waals surface area contributed by atoms with E-state index in [0.29, 0.717) is 23.2 Å². The van der Waals surface area contributed by atoms with Crippen LogP contribution in [0.15, 0.2) is 36.4 Å². The van der Waals surface area contributed by atoms with Crippen molar-refractivity contribution in [3.05, 3.63) is 64.7 Å². The van der Waals surface area contributed by atoms with E-state index >= 15 is 0 Å². The Morgan fingerprint density at radius 2 is 1.87 bits per heavy atom. The molecule has 0 saturated heterocycles. The van der Waals surface area contributed by atoms with Gasteiger partial charge in [-0.25, -0.2) is 4.39 Å². The SMILES string of the molecule is Cc1ccc(C(=O)NC(C)CC(O)c2ccc(F)cc2)c(C)n1. The van der Waals surface area contributed by atoms with Gasteiger partial charge in [0.1, 0.15) is 5.82 Å². The summed E-state index contributed by atoms with van der Waals surface area (Å²) in [7, 11) is 0. The number of rotatable bonds is 5.